The van der Waals surface area contributed by atoms with Crippen molar-refractivity contribution in [1.29, 1.82) is 0 Å². The number of hydrogen-bond acceptors (Lipinski definition) is 2. The average Bonchev–Trinajstić information content (AvgIpc) is 3.16. The Morgan fingerprint density at radius 3 is 2.53 bits per heavy atom. The van der Waals surface area contributed by atoms with E-state index in [9.17, 15) is 14.7 Å². The fourth-order valence-corrected chi connectivity index (χ4v) is 3.51. The molecule has 1 aromatic heterocycles. The number of rotatable bonds is 6. The molecular weight excluding hydrogens is 376 g/mol. The smallest absolute Gasteiger partial charge is 0.409 e. The third-order valence-electron chi connectivity index (χ3n) is 4.91. The highest BCUT2D eigenvalue weighted by Gasteiger charge is 2.08. The number of aldehydes is 1. The molecule has 0 saturated heterocycles. The Balaban J connectivity index is 1.58. The van der Waals surface area contributed by atoms with E-state index < -0.39 is 6.09 Å². The monoisotopic (exact) mass is 396 g/mol. The van der Waals surface area contributed by atoms with Crippen LogP contribution >= 0.6 is 0 Å². The van der Waals surface area contributed by atoms with E-state index in [1.165, 1.54) is 0 Å². The summed E-state index contributed by atoms with van der Waals surface area (Å²) in [7, 11) is 0. The Hall–Kier alpha value is -4.12. The third-order valence-corrected chi connectivity index (χ3v) is 4.91. The maximum absolute atomic E-state index is 11.2. The first kappa shape index (κ1) is 19.2. The van der Waals surface area contributed by atoms with Crippen LogP contribution in [0, 0.1) is 0 Å². The summed E-state index contributed by atoms with van der Waals surface area (Å²) in [6, 6.07) is 23.0. The molecule has 1 amide bonds. The van der Waals surface area contributed by atoms with Crippen LogP contribution in [0.1, 0.15) is 15.9 Å². The molecule has 0 bridgehead atoms. The second-order valence-electron chi connectivity index (χ2n) is 6.91. The summed E-state index contributed by atoms with van der Waals surface area (Å²) in [6.45, 7) is 0.659. The van der Waals surface area contributed by atoms with Crippen LogP contribution in [0.3, 0.4) is 0 Å². The predicted molar refractivity (Wildman–Crippen MR) is 120 cm³/mol. The summed E-state index contributed by atoms with van der Waals surface area (Å²) in [5.41, 5.74) is 4.94. The van der Waals surface area contributed by atoms with E-state index in [2.05, 4.69) is 9.88 Å². The van der Waals surface area contributed by atoms with E-state index in [4.69, 9.17) is 0 Å². The van der Waals surface area contributed by atoms with Crippen LogP contribution in [-0.2, 0) is 6.54 Å². The van der Waals surface area contributed by atoms with Crippen LogP contribution in [0.15, 0.2) is 85.1 Å². The van der Waals surface area contributed by atoms with E-state index in [0.29, 0.717) is 17.8 Å². The van der Waals surface area contributed by atoms with Crippen LogP contribution in [-0.4, -0.2) is 22.1 Å². The number of fused-ring (bicyclic) bond motifs is 1. The van der Waals surface area contributed by atoms with Crippen molar-refractivity contribution < 1.29 is 14.7 Å². The first-order valence-corrected chi connectivity index (χ1v) is 9.54. The molecule has 2 N–H and O–H groups in total. The summed E-state index contributed by atoms with van der Waals surface area (Å²) in [4.78, 5) is 22.2. The van der Waals surface area contributed by atoms with Crippen molar-refractivity contribution >= 4 is 35.0 Å². The van der Waals surface area contributed by atoms with Gasteiger partial charge in [0.1, 0.15) is 6.29 Å². The molecule has 0 saturated carbocycles. The van der Waals surface area contributed by atoms with Gasteiger partial charge in [-0.1, -0.05) is 54.6 Å². The lowest BCUT2D eigenvalue weighted by atomic mass is 10.0. The zero-order valence-corrected chi connectivity index (χ0v) is 16.2. The van der Waals surface area contributed by atoms with E-state index in [1.54, 1.807) is 0 Å². The number of aromatic nitrogens is 1. The Morgan fingerprint density at radius 2 is 1.77 bits per heavy atom. The number of carboxylic acid groups (broad SMARTS) is 1. The highest BCUT2D eigenvalue weighted by Crippen LogP contribution is 2.29. The standard InChI is InChI=1S/C25H20N2O3/c28-17-19-9-11-24-21(15-19)12-14-27(24)13-4-5-18-8-10-22(20-6-2-1-3-7-20)23(16-18)26-25(29)30/h1-12,14-17,26H,13H2,(H,29,30). The zero-order valence-electron chi connectivity index (χ0n) is 16.2. The van der Waals surface area contributed by atoms with Gasteiger partial charge in [0.25, 0.3) is 0 Å². The van der Waals surface area contributed by atoms with Gasteiger partial charge < -0.3 is 9.67 Å². The van der Waals surface area contributed by atoms with Crippen LogP contribution < -0.4 is 5.32 Å². The van der Waals surface area contributed by atoms with E-state index in [0.717, 1.165) is 33.9 Å². The molecule has 0 aliphatic heterocycles. The van der Waals surface area contributed by atoms with Crippen LogP contribution in [0.2, 0.25) is 0 Å². The number of hydrogen-bond donors (Lipinski definition) is 2. The lowest BCUT2D eigenvalue weighted by molar-refractivity contribution is 0.112. The Labute approximate surface area is 173 Å². The number of anilines is 1. The summed E-state index contributed by atoms with van der Waals surface area (Å²) < 4.78 is 2.09. The van der Waals surface area contributed by atoms with Gasteiger partial charge in [0.05, 0.1) is 5.69 Å². The number of benzene rings is 3. The first-order chi connectivity index (χ1) is 14.6. The van der Waals surface area contributed by atoms with Gasteiger partial charge in [-0.3, -0.25) is 10.1 Å². The molecule has 0 radical (unpaired) electrons. The quantitative estimate of drug-likeness (QED) is 0.397. The largest absolute Gasteiger partial charge is 0.465 e. The second kappa shape index (κ2) is 8.49. The fourth-order valence-electron chi connectivity index (χ4n) is 3.51. The van der Waals surface area contributed by atoms with Crippen molar-refractivity contribution in [1.82, 2.24) is 4.57 Å². The molecule has 1 heterocycles. The van der Waals surface area contributed by atoms with Crippen LogP contribution in [0.5, 0.6) is 0 Å². The maximum atomic E-state index is 11.2. The molecule has 30 heavy (non-hydrogen) atoms. The van der Waals surface area contributed by atoms with Crippen molar-refractivity contribution in [2.45, 2.75) is 6.54 Å². The molecule has 5 nitrogen and oxygen atoms in total. The number of nitrogens with one attached hydrogen (secondary N) is 1. The highest BCUT2D eigenvalue weighted by atomic mass is 16.4. The van der Waals surface area contributed by atoms with Gasteiger partial charge in [-0.2, -0.15) is 0 Å². The zero-order chi connectivity index (χ0) is 20.9. The molecule has 0 spiro atoms. The lowest BCUT2D eigenvalue weighted by Gasteiger charge is -2.11. The minimum absolute atomic E-state index is 0.545. The molecule has 4 aromatic rings. The number of carbonyl (C=O) groups is 2. The van der Waals surface area contributed by atoms with Crippen LogP contribution in [0.25, 0.3) is 28.1 Å². The molecule has 0 aliphatic rings. The second-order valence-corrected chi connectivity index (χ2v) is 6.91. The van der Waals surface area contributed by atoms with E-state index >= 15 is 0 Å². The minimum atomic E-state index is -1.10. The topological polar surface area (TPSA) is 71.3 Å². The number of allylic oxidation sites excluding steroid dienone is 1. The molecule has 0 fully saturated rings. The molecule has 148 valence electrons. The Bertz CT molecular complexity index is 1240. The Kier molecular flexibility index (Phi) is 5.44. The normalized spacial score (nSPS) is 11.1. The molecule has 5 heteroatoms. The number of amides is 1. The third kappa shape index (κ3) is 4.15. The highest BCUT2D eigenvalue weighted by molar-refractivity contribution is 5.91. The van der Waals surface area contributed by atoms with Gasteiger partial charge in [0, 0.05) is 34.8 Å². The van der Waals surface area contributed by atoms with Crippen molar-refractivity contribution in [3.8, 4) is 11.1 Å². The number of nitrogens with zero attached hydrogens (tertiary/aromatic N) is 1. The van der Waals surface area contributed by atoms with Gasteiger partial charge in [0.15, 0.2) is 0 Å². The van der Waals surface area contributed by atoms with E-state index in [1.807, 2.05) is 91.1 Å². The van der Waals surface area contributed by atoms with Crippen LogP contribution in [0.4, 0.5) is 10.5 Å². The molecular formula is C25H20N2O3. The van der Waals surface area contributed by atoms with Gasteiger partial charge in [-0.05, 0) is 41.5 Å². The van der Waals surface area contributed by atoms with Crippen molar-refractivity contribution in [2.75, 3.05) is 5.32 Å². The summed E-state index contributed by atoms with van der Waals surface area (Å²) in [5.74, 6) is 0. The molecule has 0 aliphatic carbocycles. The molecule has 0 unspecified atom stereocenters. The molecule has 0 atom stereocenters. The summed E-state index contributed by atoms with van der Waals surface area (Å²) in [5, 5.41) is 12.7. The maximum Gasteiger partial charge on any atom is 0.409 e. The predicted octanol–water partition coefficient (Wildman–Crippen LogP) is 5.92. The van der Waals surface area contributed by atoms with Gasteiger partial charge >= 0.3 is 6.09 Å². The summed E-state index contributed by atoms with van der Waals surface area (Å²) >= 11 is 0. The van der Waals surface area contributed by atoms with Gasteiger partial charge in [-0.15, -0.1) is 0 Å². The van der Waals surface area contributed by atoms with Gasteiger partial charge in [-0.25, -0.2) is 4.79 Å². The van der Waals surface area contributed by atoms with Crippen molar-refractivity contribution in [2.24, 2.45) is 0 Å². The van der Waals surface area contributed by atoms with Crippen molar-refractivity contribution in [3.05, 3.63) is 96.2 Å². The first-order valence-electron chi connectivity index (χ1n) is 9.54. The molecule has 4 rings (SSSR count). The fraction of sp³-hybridized carbons (Fsp3) is 0.0400. The van der Waals surface area contributed by atoms with E-state index in [-0.39, 0.29) is 0 Å². The average molecular weight is 396 g/mol. The Morgan fingerprint density at radius 1 is 0.967 bits per heavy atom. The van der Waals surface area contributed by atoms with Crippen molar-refractivity contribution in [3.63, 3.8) is 0 Å². The summed E-state index contributed by atoms with van der Waals surface area (Å²) in [6.07, 6.45) is 5.72. The molecule has 3 aromatic carbocycles. The SMILES string of the molecule is O=Cc1ccc2c(ccn2CC=Cc2ccc(-c3ccccc3)c(NC(=O)O)c2)c1. The number of carbonyl (C=O) groups excluding carboxylic acids is 1. The lowest BCUT2D eigenvalue weighted by Crippen LogP contribution is -2.08. The minimum Gasteiger partial charge on any atom is -0.465 e. The van der Waals surface area contributed by atoms with Gasteiger partial charge in [0.2, 0.25) is 0 Å².